The van der Waals surface area contributed by atoms with Crippen molar-refractivity contribution in [1.82, 2.24) is 9.29 Å². The average molecular weight is 339 g/mol. The zero-order valence-electron chi connectivity index (χ0n) is 13.5. The number of hydrogen-bond donors (Lipinski definition) is 1. The first kappa shape index (κ1) is 16.7. The largest absolute Gasteiger partial charge is 0.383 e. The quantitative estimate of drug-likeness (QED) is 0.854. The van der Waals surface area contributed by atoms with Gasteiger partial charge < -0.3 is 10.1 Å². The number of hydrogen-bond acceptors (Lipinski definition) is 5. The standard InChI is InChI=1S/C16H25N3O3S/c1-2-10-23(20,21)19-8-9-22-16-13(5-6-15(16)19)11-18-14-4-3-7-17-12-14/h3-4,7,12-13,15-16,18H,2,5-6,8-11H2,1H3. The van der Waals surface area contributed by atoms with Gasteiger partial charge in [-0.25, -0.2) is 8.42 Å². The SMILES string of the molecule is CCCS(=O)(=O)N1CCOC2C(CNc3cccnc3)CCC21. The van der Waals surface area contributed by atoms with E-state index in [-0.39, 0.29) is 17.9 Å². The molecule has 1 aliphatic carbocycles. The fourth-order valence-electron chi connectivity index (χ4n) is 3.68. The Hall–Kier alpha value is -1.18. The molecule has 1 aromatic rings. The number of fused-ring (bicyclic) bond motifs is 1. The van der Waals surface area contributed by atoms with Crippen LogP contribution in [0.1, 0.15) is 26.2 Å². The molecule has 0 aromatic carbocycles. The van der Waals surface area contributed by atoms with Gasteiger partial charge in [-0.3, -0.25) is 4.98 Å². The highest BCUT2D eigenvalue weighted by atomic mass is 32.2. The van der Waals surface area contributed by atoms with Crippen LogP contribution in [-0.2, 0) is 14.8 Å². The van der Waals surface area contributed by atoms with Gasteiger partial charge in [0.05, 0.1) is 30.2 Å². The summed E-state index contributed by atoms with van der Waals surface area (Å²) >= 11 is 0. The predicted octanol–water partition coefficient (Wildman–Crippen LogP) is 1.71. The molecular weight excluding hydrogens is 314 g/mol. The topological polar surface area (TPSA) is 71.5 Å². The molecule has 6 nitrogen and oxygen atoms in total. The van der Waals surface area contributed by atoms with E-state index in [9.17, 15) is 8.42 Å². The van der Waals surface area contributed by atoms with Crippen molar-refractivity contribution in [3.63, 3.8) is 0 Å². The normalized spacial score (nSPS) is 28.5. The van der Waals surface area contributed by atoms with Crippen molar-refractivity contribution in [3.05, 3.63) is 24.5 Å². The van der Waals surface area contributed by atoms with E-state index >= 15 is 0 Å². The molecule has 7 heteroatoms. The highest BCUT2D eigenvalue weighted by molar-refractivity contribution is 7.89. The van der Waals surface area contributed by atoms with Crippen molar-refractivity contribution in [3.8, 4) is 0 Å². The van der Waals surface area contributed by atoms with Crippen LogP contribution in [0.5, 0.6) is 0 Å². The molecule has 0 radical (unpaired) electrons. The molecular formula is C16H25N3O3S. The molecule has 1 aliphatic heterocycles. The van der Waals surface area contributed by atoms with E-state index in [1.807, 2.05) is 19.1 Å². The van der Waals surface area contributed by atoms with Crippen molar-refractivity contribution in [2.75, 3.05) is 30.8 Å². The first-order valence-electron chi connectivity index (χ1n) is 8.37. The fourth-order valence-corrected chi connectivity index (χ4v) is 5.42. The Bertz CT molecular complexity index is 608. The number of anilines is 1. The summed E-state index contributed by atoms with van der Waals surface area (Å²) in [5.74, 6) is 0.564. The van der Waals surface area contributed by atoms with Crippen LogP contribution in [0, 0.1) is 5.92 Å². The lowest BCUT2D eigenvalue weighted by Crippen LogP contribution is -2.53. The summed E-state index contributed by atoms with van der Waals surface area (Å²) in [6, 6.07) is 3.88. The Morgan fingerprint density at radius 1 is 1.43 bits per heavy atom. The summed E-state index contributed by atoms with van der Waals surface area (Å²) in [4.78, 5) is 4.09. The van der Waals surface area contributed by atoms with Crippen molar-refractivity contribution >= 4 is 15.7 Å². The second-order valence-electron chi connectivity index (χ2n) is 6.29. The second kappa shape index (κ2) is 7.15. The van der Waals surface area contributed by atoms with Gasteiger partial charge in [-0.1, -0.05) is 6.92 Å². The maximum absolute atomic E-state index is 12.5. The minimum Gasteiger partial charge on any atom is -0.383 e. The Morgan fingerprint density at radius 3 is 3.04 bits per heavy atom. The van der Waals surface area contributed by atoms with Gasteiger partial charge in [0, 0.05) is 31.4 Å². The Morgan fingerprint density at radius 2 is 2.30 bits per heavy atom. The smallest absolute Gasteiger partial charge is 0.214 e. The molecule has 2 aliphatic rings. The molecule has 1 N–H and O–H groups in total. The monoisotopic (exact) mass is 339 g/mol. The number of ether oxygens (including phenoxy) is 1. The Balaban J connectivity index is 1.64. The van der Waals surface area contributed by atoms with E-state index in [1.165, 1.54) is 0 Å². The molecule has 0 amide bonds. The summed E-state index contributed by atoms with van der Waals surface area (Å²) in [7, 11) is -3.16. The van der Waals surface area contributed by atoms with Crippen LogP contribution in [0.15, 0.2) is 24.5 Å². The van der Waals surface area contributed by atoms with E-state index in [0.29, 0.717) is 25.5 Å². The van der Waals surface area contributed by atoms with Gasteiger partial charge in [-0.2, -0.15) is 4.31 Å². The number of rotatable bonds is 6. The first-order valence-corrected chi connectivity index (χ1v) is 9.98. The maximum Gasteiger partial charge on any atom is 0.214 e. The molecule has 2 heterocycles. The lowest BCUT2D eigenvalue weighted by atomic mass is 10.0. The van der Waals surface area contributed by atoms with E-state index in [4.69, 9.17) is 4.74 Å². The molecule has 128 valence electrons. The van der Waals surface area contributed by atoms with Gasteiger partial charge >= 0.3 is 0 Å². The Labute approximate surface area is 138 Å². The van der Waals surface area contributed by atoms with Gasteiger partial charge in [0.15, 0.2) is 0 Å². The van der Waals surface area contributed by atoms with Gasteiger partial charge in [-0.15, -0.1) is 0 Å². The highest BCUT2D eigenvalue weighted by Crippen LogP contribution is 2.36. The third kappa shape index (κ3) is 3.67. The third-order valence-electron chi connectivity index (χ3n) is 4.72. The second-order valence-corrected chi connectivity index (χ2v) is 8.33. The lowest BCUT2D eigenvalue weighted by Gasteiger charge is -2.38. The molecule has 1 saturated carbocycles. The molecule has 1 saturated heterocycles. The molecule has 3 unspecified atom stereocenters. The van der Waals surface area contributed by atoms with E-state index < -0.39 is 10.0 Å². The summed E-state index contributed by atoms with van der Waals surface area (Å²) in [5.41, 5.74) is 0.988. The summed E-state index contributed by atoms with van der Waals surface area (Å²) in [6.45, 7) is 3.68. The van der Waals surface area contributed by atoms with Crippen molar-refractivity contribution in [1.29, 1.82) is 0 Å². The Kier molecular flexibility index (Phi) is 5.18. The van der Waals surface area contributed by atoms with Crippen molar-refractivity contribution in [2.45, 2.75) is 38.3 Å². The summed E-state index contributed by atoms with van der Waals surface area (Å²) < 4.78 is 32.6. The zero-order valence-corrected chi connectivity index (χ0v) is 14.3. The average Bonchev–Trinajstić information content (AvgIpc) is 2.97. The van der Waals surface area contributed by atoms with Crippen molar-refractivity contribution in [2.24, 2.45) is 5.92 Å². The summed E-state index contributed by atoms with van der Waals surface area (Å²) in [6.07, 6.45) is 6.07. The van der Waals surface area contributed by atoms with E-state index in [2.05, 4.69) is 10.3 Å². The van der Waals surface area contributed by atoms with Gasteiger partial charge in [0.1, 0.15) is 0 Å². The van der Waals surface area contributed by atoms with Gasteiger partial charge in [0.25, 0.3) is 0 Å². The molecule has 0 spiro atoms. The van der Waals surface area contributed by atoms with Crippen LogP contribution < -0.4 is 5.32 Å². The van der Waals surface area contributed by atoms with Crippen molar-refractivity contribution < 1.29 is 13.2 Å². The van der Waals surface area contributed by atoms with Crippen LogP contribution in [0.2, 0.25) is 0 Å². The molecule has 3 rings (SSSR count). The molecule has 2 fully saturated rings. The van der Waals surface area contributed by atoms with Gasteiger partial charge in [-0.05, 0) is 31.4 Å². The number of aromatic nitrogens is 1. The van der Waals surface area contributed by atoms with Crippen LogP contribution in [0.4, 0.5) is 5.69 Å². The predicted molar refractivity (Wildman–Crippen MR) is 89.8 cm³/mol. The minimum absolute atomic E-state index is 0.000414. The van der Waals surface area contributed by atoms with Crippen LogP contribution in [-0.4, -0.2) is 55.3 Å². The number of nitrogens with one attached hydrogen (secondary N) is 1. The first-order chi connectivity index (χ1) is 11.1. The van der Waals surface area contributed by atoms with Crippen LogP contribution >= 0.6 is 0 Å². The maximum atomic E-state index is 12.5. The molecule has 1 aromatic heterocycles. The number of sulfonamides is 1. The van der Waals surface area contributed by atoms with E-state index in [0.717, 1.165) is 25.1 Å². The fraction of sp³-hybridized carbons (Fsp3) is 0.688. The zero-order chi connectivity index (χ0) is 16.3. The van der Waals surface area contributed by atoms with Crippen LogP contribution in [0.3, 0.4) is 0 Å². The number of nitrogens with zero attached hydrogens (tertiary/aromatic N) is 2. The molecule has 23 heavy (non-hydrogen) atoms. The summed E-state index contributed by atoms with van der Waals surface area (Å²) in [5, 5.41) is 3.39. The minimum atomic E-state index is -3.16. The molecule has 3 atom stereocenters. The number of morpholine rings is 1. The van der Waals surface area contributed by atoms with Crippen LogP contribution in [0.25, 0.3) is 0 Å². The van der Waals surface area contributed by atoms with Gasteiger partial charge in [0.2, 0.25) is 10.0 Å². The lowest BCUT2D eigenvalue weighted by molar-refractivity contribution is -0.0433. The third-order valence-corrected chi connectivity index (χ3v) is 6.81. The number of pyridine rings is 1. The highest BCUT2D eigenvalue weighted by Gasteiger charge is 2.46. The molecule has 0 bridgehead atoms. The van der Waals surface area contributed by atoms with E-state index in [1.54, 1.807) is 16.7 Å².